The van der Waals surface area contributed by atoms with Crippen LogP contribution in [0.2, 0.25) is 0 Å². The van der Waals surface area contributed by atoms with Gasteiger partial charge < -0.3 is 24.8 Å². The fraction of sp³-hybridized carbons (Fsp3) is 0.432. The lowest BCUT2D eigenvalue weighted by atomic mass is 9.80. The van der Waals surface area contributed by atoms with Gasteiger partial charge in [-0.05, 0) is 67.8 Å². The smallest absolute Gasteiger partial charge is 0.319 e. The molecular formula is C37H35F3N6O3. The van der Waals surface area contributed by atoms with Crippen molar-refractivity contribution in [2.45, 2.75) is 49.2 Å². The van der Waals surface area contributed by atoms with Crippen LogP contribution in [0.15, 0.2) is 42.4 Å². The van der Waals surface area contributed by atoms with E-state index in [9.17, 15) is 13.9 Å². The molecule has 0 aliphatic carbocycles. The van der Waals surface area contributed by atoms with Crippen LogP contribution in [-0.2, 0) is 4.74 Å². The van der Waals surface area contributed by atoms with Gasteiger partial charge in [-0.15, -0.1) is 6.42 Å². The lowest BCUT2D eigenvalue weighted by Crippen LogP contribution is -2.66. The molecule has 5 aliphatic heterocycles. The molecule has 4 aromatic rings. The van der Waals surface area contributed by atoms with Crippen molar-refractivity contribution in [2.75, 3.05) is 50.9 Å². The van der Waals surface area contributed by atoms with Crippen LogP contribution in [0.4, 0.5) is 19.0 Å². The molecule has 2 N–H and O–H groups in total. The Morgan fingerprint density at radius 3 is 2.88 bits per heavy atom. The standard InChI is InChI=1S/C37H35F3N6O3/c1-2-26-29(39)5-4-22-10-25(47)11-27(30(22)26)32-31(40)33-28(14-41-32)34(45-16-24-6-8-37(19-45,44-24)23-17-48-18-23)43-35(42-33)49-20-36-7-3-9-46(36)15-21(12-36)13-38/h1,4-5,10-11,13-14,23-24,44,47H,3,6-9,12,15-20H2/b21-13-/t24?,36-,37?/m0/s1. The van der Waals surface area contributed by atoms with Gasteiger partial charge in [-0.1, -0.05) is 12.0 Å². The van der Waals surface area contributed by atoms with Crippen molar-refractivity contribution in [3.05, 3.63) is 59.6 Å². The minimum atomic E-state index is -0.769. The Kier molecular flexibility index (Phi) is 7.06. The topological polar surface area (TPSA) is 95.9 Å². The Bertz CT molecular complexity index is 2100. The first-order chi connectivity index (χ1) is 23.8. The van der Waals surface area contributed by atoms with E-state index in [1.165, 1.54) is 30.5 Å². The number of phenols is 1. The molecule has 3 atom stereocenters. The van der Waals surface area contributed by atoms with E-state index < -0.39 is 11.6 Å². The number of phenolic OH excluding ortho intramolecular Hbond substituents is 1. The maximum absolute atomic E-state index is 17.0. The number of piperazine rings is 1. The van der Waals surface area contributed by atoms with E-state index in [0.29, 0.717) is 68.1 Å². The molecule has 5 aliphatic rings. The molecule has 9 rings (SSSR count). The van der Waals surface area contributed by atoms with Crippen LogP contribution in [0.1, 0.15) is 37.7 Å². The molecular weight excluding hydrogens is 633 g/mol. The van der Waals surface area contributed by atoms with Crippen LogP contribution in [0.25, 0.3) is 32.9 Å². The Balaban J connectivity index is 1.19. The fourth-order valence-electron chi connectivity index (χ4n) is 9.00. The van der Waals surface area contributed by atoms with E-state index in [1.807, 2.05) is 0 Å². The number of nitrogens with zero attached hydrogens (tertiary/aromatic N) is 5. The second kappa shape index (κ2) is 11.3. The van der Waals surface area contributed by atoms with Gasteiger partial charge in [-0.3, -0.25) is 9.88 Å². The van der Waals surface area contributed by atoms with Crippen molar-refractivity contribution in [3.63, 3.8) is 0 Å². The van der Waals surface area contributed by atoms with Gasteiger partial charge in [0.1, 0.15) is 35.2 Å². The highest BCUT2D eigenvalue weighted by Crippen LogP contribution is 2.44. The maximum atomic E-state index is 17.0. The molecule has 2 unspecified atom stereocenters. The van der Waals surface area contributed by atoms with E-state index in [0.717, 1.165) is 37.8 Å². The fourth-order valence-corrected chi connectivity index (χ4v) is 9.00. The van der Waals surface area contributed by atoms with Gasteiger partial charge in [-0.25, -0.2) is 13.2 Å². The molecule has 252 valence electrons. The average Bonchev–Trinajstić information content (AvgIpc) is 3.72. The molecule has 2 aromatic carbocycles. The summed E-state index contributed by atoms with van der Waals surface area (Å²) >= 11 is 0. The molecule has 12 heteroatoms. The number of hydrogen-bond donors (Lipinski definition) is 2. The third kappa shape index (κ3) is 4.77. The molecule has 0 amide bonds. The number of terminal acetylenes is 1. The van der Waals surface area contributed by atoms with Crippen LogP contribution >= 0.6 is 0 Å². The molecule has 0 saturated carbocycles. The molecule has 2 bridgehead atoms. The van der Waals surface area contributed by atoms with Gasteiger partial charge >= 0.3 is 6.01 Å². The molecule has 2 aromatic heterocycles. The first kappa shape index (κ1) is 30.6. The number of ether oxygens (including phenoxy) is 2. The summed E-state index contributed by atoms with van der Waals surface area (Å²) < 4.78 is 57.5. The Labute approximate surface area is 281 Å². The minimum absolute atomic E-state index is 0.0106. The summed E-state index contributed by atoms with van der Waals surface area (Å²) in [7, 11) is 0. The molecule has 0 radical (unpaired) electrons. The summed E-state index contributed by atoms with van der Waals surface area (Å²) in [4.78, 5) is 18.5. The zero-order valence-corrected chi connectivity index (χ0v) is 26.8. The number of fused-ring (bicyclic) bond motifs is 5. The van der Waals surface area contributed by atoms with Crippen LogP contribution in [0, 0.1) is 29.9 Å². The van der Waals surface area contributed by atoms with Gasteiger partial charge in [0, 0.05) is 54.3 Å². The van der Waals surface area contributed by atoms with Crippen molar-refractivity contribution in [2.24, 2.45) is 5.92 Å². The van der Waals surface area contributed by atoms with E-state index in [1.54, 1.807) is 0 Å². The van der Waals surface area contributed by atoms with Crippen molar-refractivity contribution in [1.29, 1.82) is 0 Å². The summed E-state index contributed by atoms with van der Waals surface area (Å²) in [6, 6.07) is 5.73. The summed E-state index contributed by atoms with van der Waals surface area (Å²) in [5.41, 5.74) is 0.146. The van der Waals surface area contributed by atoms with Gasteiger partial charge in [0.2, 0.25) is 0 Å². The number of hydrogen-bond acceptors (Lipinski definition) is 9. The van der Waals surface area contributed by atoms with Gasteiger partial charge in [0.15, 0.2) is 5.82 Å². The van der Waals surface area contributed by atoms with E-state index >= 15 is 4.39 Å². The van der Waals surface area contributed by atoms with Crippen molar-refractivity contribution >= 4 is 27.5 Å². The van der Waals surface area contributed by atoms with E-state index in [4.69, 9.17) is 20.9 Å². The zero-order valence-electron chi connectivity index (χ0n) is 26.8. The third-order valence-electron chi connectivity index (χ3n) is 11.5. The average molecular weight is 669 g/mol. The second-order valence-electron chi connectivity index (χ2n) is 14.3. The van der Waals surface area contributed by atoms with E-state index in [-0.39, 0.29) is 63.2 Å². The highest BCUT2D eigenvalue weighted by molar-refractivity contribution is 6.03. The van der Waals surface area contributed by atoms with E-state index in [2.05, 4.69) is 31.0 Å². The second-order valence-corrected chi connectivity index (χ2v) is 14.3. The van der Waals surface area contributed by atoms with Crippen molar-refractivity contribution in [3.8, 4) is 35.4 Å². The zero-order chi connectivity index (χ0) is 33.5. The minimum Gasteiger partial charge on any atom is -0.508 e. The van der Waals surface area contributed by atoms with Gasteiger partial charge in [0.05, 0.1) is 36.0 Å². The summed E-state index contributed by atoms with van der Waals surface area (Å²) in [6.07, 6.45) is 12.3. The number of benzene rings is 2. The lowest BCUT2D eigenvalue weighted by molar-refractivity contribution is -0.0759. The monoisotopic (exact) mass is 668 g/mol. The molecule has 7 heterocycles. The van der Waals surface area contributed by atoms with Crippen LogP contribution in [-0.4, -0.2) is 88.1 Å². The largest absolute Gasteiger partial charge is 0.508 e. The summed E-state index contributed by atoms with van der Waals surface area (Å²) in [5.74, 6) is 1.71. The molecule has 0 spiro atoms. The highest BCUT2D eigenvalue weighted by Gasteiger charge is 2.52. The number of rotatable bonds is 6. The first-order valence-corrected chi connectivity index (χ1v) is 16.8. The number of aromatic nitrogens is 3. The lowest BCUT2D eigenvalue weighted by Gasteiger charge is -2.49. The predicted octanol–water partition coefficient (Wildman–Crippen LogP) is 5.24. The molecule has 5 fully saturated rings. The first-order valence-electron chi connectivity index (χ1n) is 16.8. The maximum Gasteiger partial charge on any atom is 0.319 e. The quantitative estimate of drug-likeness (QED) is 0.268. The number of nitrogens with one attached hydrogen (secondary N) is 1. The van der Waals surface area contributed by atoms with Crippen LogP contribution < -0.4 is 15.0 Å². The Hall–Kier alpha value is -4.44. The highest BCUT2D eigenvalue weighted by atomic mass is 19.1. The Morgan fingerprint density at radius 1 is 1.20 bits per heavy atom. The van der Waals surface area contributed by atoms with Gasteiger partial charge in [-0.2, -0.15) is 9.97 Å². The number of pyridine rings is 1. The molecule has 5 saturated heterocycles. The summed E-state index contributed by atoms with van der Waals surface area (Å²) in [5, 5.41) is 15.6. The predicted molar refractivity (Wildman–Crippen MR) is 178 cm³/mol. The molecule has 49 heavy (non-hydrogen) atoms. The summed E-state index contributed by atoms with van der Waals surface area (Å²) in [6.45, 7) is 4.33. The Morgan fingerprint density at radius 2 is 2.08 bits per heavy atom. The van der Waals surface area contributed by atoms with Crippen LogP contribution in [0.3, 0.4) is 0 Å². The normalized spacial score (nSPS) is 27.6. The number of anilines is 1. The number of halogens is 3. The SMILES string of the molecule is C#Cc1c(F)ccc2cc(O)cc(-c3ncc4c(N5CC6CCC(C7COC7)(C5)N6)nc(OC[C@@]56CCCN5C/C(=C\F)C6)nc4c3F)c12. The van der Waals surface area contributed by atoms with Crippen molar-refractivity contribution < 1.29 is 27.8 Å². The van der Waals surface area contributed by atoms with Crippen molar-refractivity contribution in [1.82, 2.24) is 25.2 Å². The third-order valence-corrected chi connectivity index (χ3v) is 11.5. The van der Waals surface area contributed by atoms with Crippen LogP contribution in [0.5, 0.6) is 11.8 Å². The number of aromatic hydroxyl groups is 1. The van der Waals surface area contributed by atoms with Gasteiger partial charge in [0.25, 0.3) is 0 Å². The molecule has 9 nitrogen and oxygen atoms in total.